The summed E-state index contributed by atoms with van der Waals surface area (Å²) < 4.78 is 11.1. The van der Waals surface area contributed by atoms with Crippen molar-refractivity contribution in [3.05, 3.63) is 24.3 Å². The largest absolute Gasteiger partial charge is 0.476 e. The molecular weight excluding hydrogens is 254 g/mol. The van der Waals surface area contributed by atoms with E-state index in [1.54, 1.807) is 0 Å². The van der Waals surface area contributed by atoms with Gasteiger partial charge in [-0.15, -0.1) is 0 Å². The molecule has 0 amide bonds. The maximum atomic E-state index is 5.86. The van der Waals surface area contributed by atoms with E-state index in [9.17, 15) is 0 Å². The lowest BCUT2D eigenvalue weighted by molar-refractivity contribution is 0.167. The first kappa shape index (κ1) is 14.7. The minimum atomic E-state index is 0.518. The van der Waals surface area contributed by atoms with Crippen LogP contribution in [0.25, 0.3) is 0 Å². The van der Waals surface area contributed by atoms with Crippen LogP contribution in [0.1, 0.15) is 19.8 Å². The van der Waals surface area contributed by atoms with E-state index in [1.807, 2.05) is 19.1 Å². The summed E-state index contributed by atoms with van der Waals surface area (Å²) >= 11 is 0. The molecule has 0 atom stereocenters. The number of nitrogens with one attached hydrogen (secondary N) is 1. The molecule has 5 heteroatoms. The van der Waals surface area contributed by atoms with Crippen molar-refractivity contribution >= 4 is 11.5 Å². The smallest absolute Gasteiger partial charge is 0.239 e. The summed E-state index contributed by atoms with van der Waals surface area (Å²) in [4.78, 5) is 4.37. The Morgan fingerprint density at radius 2 is 2.30 bits per heavy atom. The molecule has 1 aliphatic rings. The third-order valence-electron chi connectivity index (χ3n) is 2.94. The van der Waals surface area contributed by atoms with Crippen molar-refractivity contribution in [3.8, 4) is 5.88 Å². The van der Waals surface area contributed by atoms with Crippen LogP contribution < -0.4 is 15.8 Å². The zero-order chi connectivity index (χ0) is 14.4. The van der Waals surface area contributed by atoms with Crippen molar-refractivity contribution in [1.82, 2.24) is 4.98 Å². The molecule has 110 valence electrons. The molecule has 0 spiro atoms. The first-order valence-electron chi connectivity index (χ1n) is 7.00. The van der Waals surface area contributed by atoms with Gasteiger partial charge in [0.15, 0.2) is 0 Å². The summed E-state index contributed by atoms with van der Waals surface area (Å²) in [5, 5.41) is 3.19. The van der Waals surface area contributed by atoms with Gasteiger partial charge >= 0.3 is 0 Å². The number of ether oxygens (including phenoxy) is 2. The van der Waals surface area contributed by atoms with Gasteiger partial charge in [-0.1, -0.05) is 12.2 Å². The molecule has 0 aliphatic heterocycles. The highest BCUT2D eigenvalue weighted by atomic mass is 16.5. The van der Waals surface area contributed by atoms with Crippen LogP contribution in [0.5, 0.6) is 5.88 Å². The molecule has 1 aromatic rings. The maximum absolute atomic E-state index is 5.86. The molecule has 20 heavy (non-hydrogen) atoms. The zero-order valence-electron chi connectivity index (χ0n) is 12.0. The van der Waals surface area contributed by atoms with Crippen molar-refractivity contribution in [3.63, 3.8) is 0 Å². The van der Waals surface area contributed by atoms with Crippen molar-refractivity contribution in [1.29, 1.82) is 0 Å². The maximum Gasteiger partial charge on any atom is 0.239 e. The van der Waals surface area contributed by atoms with Gasteiger partial charge < -0.3 is 20.5 Å². The number of anilines is 2. The molecule has 3 N–H and O–H groups in total. The number of hydrogen-bond donors (Lipinski definition) is 2. The van der Waals surface area contributed by atoms with Crippen LogP contribution in [0.15, 0.2) is 24.3 Å². The summed E-state index contributed by atoms with van der Waals surface area (Å²) in [6, 6.07) is 3.66. The molecule has 2 rings (SSSR count). The monoisotopic (exact) mass is 277 g/mol. The first-order valence-corrected chi connectivity index (χ1v) is 7.00. The quantitative estimate of drug-likeness (QED) is 0.536. The first-order chi connectivity index (χ1) is 9.65. The molecule has 0 aromatic carbocycles. The molecule has 5 nitrogen and oxygen atoms in total. The molecule has 0 saturated heterocycles. The Balaban J connectivity index is 1.75. The van der Waals surface area contributed by atoms with E-state index >= 15 is 0 Å². The molecule has 1 heterocycles. The Labute approximate surface area is 120 Å². The summed E-state index contributed by atoms with van der Waals surface area (Å²) in [5.74, 6) is 1.96. The Bertz CT molecular complexity index is 458. The van der Waals surface area contributed by atoms with E-state index in [1.165, 1.54) is 12.8 Å². The van der Waals surface area contributed by atoms with Gasteiger partial charge in [0.2, 0.25) is 5.88 Å². The van der Waals surface area contributed by atoms with Gasteiger partial charge in [-0.2, -0.15) is 4.98 Å². The average Bonchev–Trinajstić information content (AvgIpc) is 3.22. The molecule has 0 radical (unpaired) electrons. The number of aromatic nitrogens is 1. The summed E-state index contributed by atoms with van der Waals surface area (Å²) in [6.45, 7) is 8.32. The number of nitrogens with two attached hydrogens (primary N) is 1. The molecule has 0 bridgehead atoms. The molecule has 1 aromatic heterocycles. The second-order valence-corrected chi connectivity index (χ2v) is 5.28. The Hall–Kier alpha value is -1.75. The molecule has 1 fully saturated rings. The van der Waals surface area contributed by atoms with Crippen LogP contribution in [0.2, 0.25) is 0 Å². The minimum Gasteiger partial charge on any atom is -0.476 e. The van der Waals surface area contributed by atoms with Gasteiger partial charge in [0.25, 0.3) is 0 Å². The second kappa shape index (κ2) is 7.14. The van der Waals surface area contributed by atoms with E-state index in [0.717, 1.165) is 11.4 Å². The van der Waals surface area contributed by atoms with Crippen molar-refractivity contribution in [2.24, 2.45) is 5.92 Å². The molecule has 1 saturated carbocycles. The highest BCUT2D eigenvalue weighted by Crippen LogP contribution is 2.30. The lowest BCUT2D eigenvalue weighted by Gasteiger charge is -2.11. The highest BCUT2D eigenvalue weighted by molar-refractivity contribution is 5.53. The summed E-state index contributed by atoms with van der Waals surface area (Å²) in [6.07, 6.45) is 2.50. The van der Waals surface area contributed by atoms with Crippen LogP contribution in [-0.4, -0.2) is 31.3 Å². The fourth-order valence-electron chi connectivity index (χ4n) is 1.64. The SMILES string of the molecule is C=C(C)COCCNc1ccc(N)c(OCC2CC2)n1. The van der Waals surface area contributed by atoms with Crippen LogP contribution in [0.4, 0.5) is 11.5 Å². The number of nitrogens with zero attached hydrogens (tertiary/aromatic N) is 1. The van der Waals surface area contributed by atoms with Crippen molar-refractivity contribution in [2.45, 2.75) is 19.8 Å². The van der Waals surface area contributed by atoms with E-state index < -0.39 is 0 Å². The molecule has 0 unspecified atom stereocenters. The fraction of sp³-hybridized carbons (Fsp3) is 0.533. The normalized spacial score (nSPS) is 14.1. The topological polar surface area (TPSA) is 69.4 Å². The fourth-order valence-corrected chi connectivity index (χ4v) is 1.64. The lowest BCUT2D eigenvalue weighted by atomic mass is 10.4. The van der Waals surface area contributed by atoms with Gasteiger partial charge in [-0.3, -0.25) is 0 Å². The van der Waals surface area contributed by atoms with Gasteiger partial charge in [-0.05, 0) is 37.8 Å². The third-order valence-corrected chi connectivity index (χ3v) is 2.94. The Morgan fingerprint density at radius 1 is 1.50 bits per heavy atom. The van der Waals surface area contributed by atoms with Crippen LogP contribution in [0, 0.1) is 5.92 Å². The van der Waals surface area contributed by atoms with Crippen molar-refractivity contribution < 1.29 is 9.47 Å². The average molecular weight is 277 g/mol. The predicted octanol–water partition coefficient (Wildman–Crippen LogP) is 2.46. The van der Waals surface area contributed by atoms with Crippen molar-refractivity contribution in [2.75, 3.05) is 37.4 Å². The zero-order valence-corrected chi connectivity index (χ0v) is 12.0. The Kier molecular flexibility index (Phi) is 5.24. The van der Waals surface area contributed by atoms with Crippen LogP contribution in [-0.2, 0) is 4.74 Å². The standard InChI is InChI=1S/C15H23N3O2/c1-11(2)9-19-8-7-17-14-6-5-13(16)15(18-14)20-10-12-3-4-12/h5-6,12H,1,3-4,7-10,16H2,2H3,(H,17,18). The number of pyridine rings is 1. The van der Waals surface area contributed by atoms with E-state index in [4.69, 9.17) is 15.2 Å². The lowest BCUT2D eigenvalue weighted by Crippen LogP contribution is -2.12. The van der Waals surface area contributed by atoms with Gasteiger partial charge in [0, 0.05) is 6.54 Å². The number of hydrogen-bond acceptors (Lipinski definition) is 5. The third kappa shape index (κ3) is 5.09. The van der Waals surface area contributed by atoms with Gasteiger partial charge in [0.05, 0.1) is 25.5 Å². The summed E-state index contributed by atoms with van der Waals surface area (Å²) in [7, 11) is 0. The van der Waals surface area contributed by atoms with Crippen LogP contribution in [0.3, 0.4) is 0 Å². The summed E-state index contributed by atoms with van der Waals surface area (Å²) in [5.41, 5.74) is 7.45. The van der Waals surface area contributed by atoms with E-state index in [-0.39, 0.29) is 0 Å². The predicted molar refractivity (Wildman–Crippen MR) is 81.0 cm³/mol. The highest BCUT2D eigenvalue weighted by Gasteiger charge is 2.22. The van der Waals surface area contributed by atoms with Gasteiger partial charge in [-0.25, -0.2) is 0 Å². The van der Waals surface area contributed by atoms with E-state index in [2.05, 4.69) is 16.9 Å². The molecular formula is C15H23N3O2. The number of nitrogen functional groups attached to an aromatic ring is 1. The van der Waals surface area contributed by atoms with E-state index in [0.29, 0.717) is 43.9 Å². The Morgan fingerprint density at radius 3 is 3.00 bits per heavy atom. The molecule has 1 aliphatic carbocycles. The second-order valence-electron chi connectivity index (χ2n) is 5.28. The number of rotatable bonds is 9. The minimum absolute atomic E-state index is 0.518. The van der Waals surface area contributed by atoms with Crippen LogP contribution >= 0.6 is 0 Å². The van der Waals surface area contributed by atoms with Gasteiger partial charge in [0.1, 0.15) is 5.82 Å².